The zero-order chi connectivity index (χ0) is 31.8. The van der Waals surface area contributed by atoms with Gasteiger partial charge in [-0.25, -0.2) is 9.59 Å². The lowest BCUT2D eigenvalue weighted by atomic mass is 10.3. The molecule has 2 amide bonds. The molecule has 0 spiro atoms. The van der Waals surface area contributed by atoms with Crippen molar-refractivity contribution >= 4 is 40.4 Å². The summed E-state index contributed by atoms with van der Waals surface area (Å²) in [6.45, 7) is 7.94. The van der Waals surface area contributed by atoms with Crippen LogP contribution in [0.3, 0.4) is 0 Å². The highest BCUT2D eigenvalue weighted by Crippen LogP contribution is 2.16. The molecule has 0 aromatic carbocycles. The summed E-state index contributed by atoms with van der Waals surface area (Å²) < 4.78 is 46.2. The van der Waals surface area contributed by atoms with Crippen molar-refractivity contribution in [2.45, 2.75) is 78.0 Å². The van der Waals surface area contributed by atoms with Crippen LogP contribution < -0.4 is 10.6 Å². The third kappa shape index (κ3) is 16.8. The summed E-state index contributed by atoms with van der Waals surface area (Å²) in [5.74, 6) is -2.10. The van der Waals surface area contributed by atoms with Gasteiger partial charge in [0.2, 0.25) is 14.7 Å². The molecule has 0 saturated heterocycles. The SMILES string of the molecule is [3H]C.[3H]C.[3H]OCC(NC(=O)CC[Si](C)(C)OCCO[Si](C)(C)CCC(=O)NC(CO[3H])C(=O)OC)C(=O)OC. The first-order valence-electron chi connectivity index (χ1n) is 13.8. The number of hydrogen-bond acceptors (Lipinski definition) is 10. The number of methoxy groups -OCH3 is 2. The lowest BCUT2D eigenvalue weighted by Crippen LogP contribution is -2.45. The van der Waals surface area contributed by atoms with Gasteiger partial charge in [0, 0.05) is 15.6 Å². The molecule has 0 heterocycles. The summed E-state index contributed by atoms with van der Waals surface area (Å²) >= 11 is 0. The van der Waals surface area contributed by atoms with Crippen molar-refractivity contribution in [3.05, 3.63) is 0 Å². The fourth-order valence-electron chi connectivity index (χ4n) is 2.76. The van der Waals surface area contributed by atoms with Gasteiger partial charge in [0.1, 0.15) is 0 Å². The second-order valence-corrected chi connectivity index (χ2v) is 17.5. The smallest absolute Gasteiger partial charge is 0.330 e. The zero-order valence-corrected chi connectivity index (χ0v) is 24.9. The molecule has 0 aromatic rings. The van der Waals surface area contributed by atoms with Crippen LogP contribution in [0, 0.1) is 0 Å². The summed E-state index contributed by atoms with van der Waals surface area (Å²) in [7, 11) is 0.497. The Morgan fingerprint density at radius 1 is 0.778 bits per heavy atom. The van der Waals surface area contributed by atoms with Crippen LogP contribution in [0.25, 0.3) is 0 Å². The quantitative estimate of drug-likeness (QED) is 0.0999. The topological polar surface area (TPSA) is 170 Å². The molecule has 36 heavy (non-hydrogen) atoms. The second-order valence-electron chi connectivity index (χ2n) is 8.84. The summed E-state index contributed by atoms with van der Waals surface area (Å²) in [6, 6.07) is -1.05. The summed E-state index contributed by atoms with van der Waals surface area (Å²) in [5.41, 5.74) is 0. The molecule has 14 heteroatoms. The zero-order valence-electron chi connectivity index (χ0n) is 26.9. The van der Waals surface area contributed by atoms with E-state index in [2.05, 4.69) is 30.3 Å². The molecule has 2 unspecified atom stereocenters. The van der Waals surface area contributed by atoms with Gasteiger partial charge < -0.3 is 39.2 Å². The highest BCUT2D eigenvalue weighted by molar-refractivity contribution is 6.71. The normalized spacial score (nSPS) is 13.9. The van der Waals surface area contributed by atoms with Gasteiger partial charge in [0.15, 0.2) is 28.7 Å². The van der Waals surface area contributed by atoms with E-state index in [0.717, 1.165) is 0 Å². The highest BCUT2D eigenvalue weighted by Gasteiger charge is 2.28. The van der Waals surface area contributed by atoms with Crippen molar-refractivity contribution in [2.75, 3.05) is 40.6 Å². The lowest BCUT2D eigenvalue weighted by molar-refractivity contribution is -0.146. The van der Waals surface area contributed by atoms with Gasteiger partial charge in [0.05, 0.1) is 40.6 Å². The number of aliphatic hydroxyl groups is 2. The molecule has 12 nitrogen and oxygen atoms in total. The predicted molar refractivity (Wildman–Crippen MR) is 141 cm³/mol. The fraction of sp³-hybridized carbons (Fsp3) is 0.818. The molecule has 0 fully saturated rings. The average molecular weight is 565 g/mol. The van der Waals surface area contributed by atoms with E-state index in [-0.39, 0.29) is 37.9 Å². The molecule has 4 N–H and O–H groups in total. The van der Waals surface area contributed by atoms with E-state index in [9.17, 15) is 19.2 Å². The Morgan fingerprint density at radius 3 is 1.39 bits per heavy atom. The maximum absolute atomic E-state index is 12.2. The molecule has 2 atom stereocenters. The molecular weight excluding hydrogens is 508 g/mol. The van der Waals surface area contributed by atoms with Crippen LogP contribution in [-0.4, -0.2) is 106 Å². The molecule has 0 bridgehead atoms. The number of hydrogen-bond donors (Lipinski definition) is 4. The van der Waals surface area contributed by atoms with Crippen molar-refractivity contribution in [1.82, 2.24) is 10.6 Å². The van der Waals surface area contributed by atoms with E-state index in [1.54, 1.807) is 0 Å². The van der Waals surface area contributed by atoms with Gasteiger partial charge in [-0.1, -0.05) is 14.8 Å². The molecular formula is C22H48N2O10Si2. The summed E-state index contributed by atoms with van der Waals surface area (Å²) in [4.78, 5) is 47.6. The first-order valence-corrected chi connectivity index (χ1v) is 17.2. The Labute approximate surface area is 223 Å². The molecule has 214 valence electrons. The number of rotatable bonds is 19. The van der Waals surface area contributed by atoms with Gasteiger partial charge in [-0.05, 0) is 38.3 Å². The highest BCUT2D eigenvalue weighted by atomic mass is 28.4. The molecule has 0 aliphatic carbocycles. The van der Waals surface area contributed by atoms with Crippen LogP contribution in [-0.2, 0) is 37.5 Å². The summed E-state index contributed by atoms with van der Waals surface area (Å²) in [6.07, 6.45) is 0.303. The van der Waals surface area contributed by atoms with E-state index in [1.807, 2.05) is 26.2 Å². The third-order valence-electron chi connectivity index (χ3n) is 4.95. The van der Waals surface area contributed by atoms with Crippen molar-refractivity contribution in [3.8, 4) is 0 Å². The van der Waals surface area contributed by atoms with Gasteiger partial charge in [-0.3, -0.25) is 9.59 Å². The van der Waals surface area contributed by atoms with E-state index in [0.29, 0.717) is 25.3 Å². The molecule has 0 aliphatic heterocycles. The van der Waals surface area contributed by atoms with Crippen LogP contribution in [0.5, 0.6) is 0 Å². The monoisotopic (exact) mass is 564 g/mol. The minimum Gasteiger partial charge on any atom is -0.467 e. The number of nitrogens with one attached hydrogen (secondary N) is 2. The second kappa shape index (κ2) is 19.3. The first-order chi connectivity index (χ1) is 18.8. The van der Waals surface area contributed by atoms with E-state index < -0.39 is 40.7 Å². The van der Waals surface area contributed by atoms with E-state index in [4.69, 9.17) is 14.5 Å². The van der Waals surface area contributed by atoms with Gasteiger partial charge in [-0.15, -0.1) is 0 Å². The van der Waals surface area contributed by atoms with Crippen molar-refractivity contribution in [3.63, 3.8) is 0 Å². The standard InChI is InChI=1S/C20H40N2O10Si2.2CH4/c1-29-19(27)15(13-23)21-17(25)7-11-33(3,4)31-9-10-32-34(5,6)12-8-18(26)22-16(14-24)20(28)30-2;;/h15-16,23-24H,7-14H2,1-6H3,(H,21,25)(H,22,26);2*1H4/i23T,24T;2*1T. The van der Waals surface area contributed by atoms with Gasteiger partial charge in [0.25, 0.3) is 0 Å². The number of esters is 2. The van der Waals surface area contributed by atoms with Crippen molar-refractivity contribution < 1.29 is 50.5 Å². The minimum atomic E-state index is -2.19. The van der Waals surface area contributed by atoms with Crippen LogP contribution >= 0.6 is 0 Å². The summed E-state index contributed by atoms with van der Waals surface area (Å²) in [5, 5.41) is 13.4. The largest absolute Gasteiger partial charge is 0.467 e. The Morgan fingerprint density at radius 2 is 1.11 bits per heavy atom. The third-order valence-corrected chi connectivity index (χ3v) is 9.83. The molecule has 0 aromatic heterocycles. The Kier molecular flexibility index (Phi) is 16.3. The number of aliphatic hydroxyl groups excluding tert-OH is 2. The van der Waals surface area contributed by atoms with Crippen LogP contribution in [0.4, 0.5) is 0 Å². The predicted octanol–water partition coefficient (Wildman–Crippen LogP) is 0.782. The van der Waals surface area contributed by atoms with Crippen LogP contribution in [0.1, 0.15) is 30.4 Å². The van der Waals surface area contributed by atoms with E-state index >= 15 is 0 Å². The molecule has 0 radical (unpaired) electrons. The van der Waals surface area contributed by atoms with Gasteiger partial charge >= 0.3 is 11.9 Å². The van der Waals surface area contributed by atoms with E-state index in [1.165, 1.54) is 29.0 Å². The number of ether oxygens (including phenoxy) is 2. The van der Waals surface area contributed by atoms with Gasteiger partial charge in [-0.2, -0.15) is 0 Å². The minimum absolute atomic E-state index is 0.152. The number of carbonyl (C=O) groups excluding carboxylic acids is 4. The first kappa shape index (κ1) is 30.4. The molecule has 0 saturated carbocycles. The Hall–Kier alpha value is -1.85. The Balaban J connectivity index is -0.00000326. The maximum Gasteiger partial charge on any atom is 0.330 e. The fourth-order valence-corrected chi connectivity index (χ4v) is 5.98. The van der Waals surface area contributed by atoms with Crippen molar-refractivity contribution in [1.29, 1.82) is 2.86 Å². The molecule has 0 aliphatic rings. The number of carbonyl (C=O) groups is 4. The van der Waals surface area contributed by atoms with Crippen LogP contribution in [0.15, 0.2) is 0 Å². The number of amides is 2. The van der Waals surface area contributed by atoms with Crippen molar-refractivity contribution in [2.24, 2.45) is 0 Å². The lowest BCUT2D eigenvalue weighted by Gasteiger charge is -2.26. The average Bonchev–Trinajstić information content (AvgIpc) is 2.94. The Bertz CT molecular complexity index is 667. The molecule has 0 rings (SSSR count). The van der Waals surface area contributed by atoms with Crippen LogP contribution in [0.2, 0.25) is 38.3 Å². The maximum atomic E-state index is 12.2.